The monoisotopic (exact) mass is 312 g/mol. The summed E-state index contributed by atoms with van der Waals surface area (Å²) in [5, 5.41) is 16.9. The van der Waals surface area contributed by atoms with Crippen molar-refractivity contribution in [1.29, 1.82) is 0 Å². The second-order valence-electron chi connectivity index (χ2n) is 5.92. The summed E-state index contributed by atoms with van der Waals surface area (Å²) in [4.78, 5) is 12.2. The van der Waals surface area contributed by atoms with E-state index < -0.39 is 0 Å². The van der Waals surface area contributed by atoms with E-state index in [1.807, 2.05) is 13.0 Å². The first kappa shape index (κ1) is 13.5. The molecule has 5 heteroatoms. The molecule has 0 bridgehead atoms. The third-order valence-electron chi connectivity index (χ3n) is 4.82. The molecule has 0 saturated carbocycles. The van der Waals surface area contributed by atoms with Gasteiger partial charge in [-0.3, -0.25) is 10.1 Å². The Bertz CT molecular complexity index is 767. The summed E-state index contributed by atoms with van der Waals surface area (Å²) in [6.45, 7) is 1.84. The average Bonchev–Trinajstić information content (AvgIpc) is 3.18. The fraction of sp³-hybridized carbons (Fsp3) is 0.294. The molecule has 1 aliphatic carbocycles. The van der Waals surface area contributed by atoms with Crippen LogP contribution in [0.1, 0.15) is 34.4 Å². The summed E-state index contributed by atoms with van der Waals surface area (Å²) in [7, 11) is 0. The molecule has 0 amide bonds. The van der Waals surface area contributed by atoms with E-state index in [2.05, 4.69) is 35.0 Å². The zero-order valence-corrected chi connectivity index (χ0v) is 13.0. The zero-order chi connectivity index (χ0) is 15.3. The quantitative estimate of drug-likeness (QED) is 0.493. The molecule has 112 valence electrons. The Hall–Kier alpha value is -2.14. The predicted octanol–water partition coefficient (Wildman–Crippen LogP) is 4.79. The molecule has 4 rings (SSSR count). The molecule has 0 saturated heterocycles. The molecule has 4 nitrogen and oxygen atoms in total. The summed E-state index contributed by atoms with van der Waals surface area (Å²) in [6, 6.07) is 8.01. The van der Waals surface area contributed by atoms with E-state index >= 15 is 0 Å². The van der Waals surface area contributed by atoms with E-state index in [9.17, 15) is 10.1 Å². The van der Waals surface area contributed by atoms with Crippen LogP contribution >= 0.6 is 11.3 Å². The Labute approximate surface area is 132 Å². The van der Waals surface area contributed by atoms with Crippen LogP contribution in [0.2, 0.25) is 0 Å². The SMILES string of the molecule is Cc1c([N+](=O)[O-])ccc2c1NC(c1cccs1)C1CC=CC21. The second kappa shape index (κ2) is 4.95. The summed E-state index contributed by atoms with van der Waals surface area (Å²) in [6.07, 6.45) is 5.55. The van der Waals surface area contributed by atoms with Crippen LogP contribution in [0, 0.1) is 23.0 Å². The van der Waals surface area contributed by atoms with Gasteiger partial charge in [-0.05, 0) is 42.3 Å². The molecule has 3 unspecified atom stereocenters. The number of thiophene rings is 1. The van der Waals surface area contributed by atoms with Crippen molar-refractivity contribution < 1.29 is 4.92 Å². The minimum absolute atomic E-state index is 0.191. The normalized spacial score (nSPS) is 25.4. The Morgan fingerprint density at radius 2 is 2.23 bits per heavy atom. The first-order chi connectivity index (χ1) is 10.7. The van der Waals surface area contributed by atoms with Gasteiger partial charge in [0, 0.05) is 22.5 Å². The second-order valence-corrected chi connectivity index (χ2v) is 6.90. The Morgan fingerprint density at radius 3 is 2.95 bits per heavy atom. The molecule has 1 aliphatic heterocycles. The summed E-state index contributed by atoms with van der Waals surface area (Å²) >= 11 is 1.75. The molecule has 2 aliphatic rings. The van der Waals surface area contributed by atoms with Crippen LogP contribution in [-0.4, -0.2) is 4.92 Å². The van der Waals surface area contributed by atoms with Gasteiger partial charge in [-0.2, -0.15) is 0 Å². The first-order valence-electron chi connectivity index (χ1n) is 7.41. The van der Waals surface area contributed by atoms with Crippen LogP contribution in [0.4, 0.5) is 11.4 Å². The van der Waals surface area contributed by atoms with Crippen LogP contribution in [0.25, 0.3) is 0 Å². The van der Waals surface area contributed by atoms with Gasteiger partial charge in [0.15, 0.2) is 0 Å². The van der Waals surface area contributed by atoms with Gasteiger partial charge >= 0.3 is 0 Å². The van der Waals surface area contributed by atoms with Crippen LogP contribution in [0.15, 0.2) is 41.8 Å². The van der Waals surface area contributed by atoms with Crippen molar-refractivity contribution in [1.82, 2.24) is 0 Å². The highest BCUT2D eigenvalue weighted by atomic mass is 32.1. The number of benzene rings is 1. The van der Waals surface area contributed by atoms with Crippen molar-refractivity contribution in [2.24, 2.45) is 5.92 Å². The van der Waals surface area contributed by atoms with Gasteiger partial charge in [0.1, 0.15) is 0 Å². The molecule has 0 spiro atoms. The molecule has 22 heavy (non-hydrogen) atoms. The number of nitro groups is 1. The van der Waals surface area contributed by atoms with Crippen LogP contribution in [0.5, 0.6) is 0 Å². The number of hydrogen-bond acceptors (Lipinski definition) is 4. The van der Waals surface area contributed by atoms with Gasteiger partial charge in [0.25, 0.3) is 5.69 Å². The molecule has 1 aromatic heterocycles. The number of nitro benzene ring substituents is 1. The lowest BCUT2D eigenvalue weighted by Crippen LogP contribution is -2.29. The van der Waals surface area contributed by atoms with Gasteiger partial charge in [0.05, 0.1) is 16.5 Å². The van der Waals surface area contributed by atoms with Crippen molar-refractivity contribution in [3.8, 4) is 0 Å². The predicted molar refractivity (Wildman–Crippen MR) is 88.5 cm³/mol. The number of nitrogens with one attached hydrogen (secondary N) is 1. The van der Waals surface area contributed by atoms with E-state index in [0.717, 1.165) is 17.7 Å². The zero-order valence-electron chi connectivity index (χ0n) is 12.2. The molecular formula is C17H16N2O2S. The van der Waals surface area contributed by atoms with Crippen molar-refractivity contribution in [3.05, 3.63) is 67.9 Å². The molecule has 0 fully saturated rings. The van der Waals surface area contributed by atoms with E-state index in [1.165, 1.54) is 10.4 Å². The van der Waals surface area contributed by atoms with Crippen LogP contribution in [-0.2, 0) is 0 Å². The maximum atomic E-state index is 11.2. The van der Waals surface area contributed by atoms with Gasteiger partial charge in [-0.25, -0.2) is 0 Å². The number of fused-ring (bicyclic) bond motifs is 3. The van der Waals surface area contributed by atoms with E-state index in [1.54, 1.807) is 17.4 Å². The lowest BCUT2D eigenvalue weighted by atomic mass is 9.78. The third kappa shape index (κ3) is 1.89. The lowest BCUT2D eigenvalue weighted by Gasteiger charge is -2.37. The maximum Gasteiger partial charge on any atom is 0.274 e. The molecule has 1 N–H and O–H groups in total. The lowest BCUT2D eigenvalue weighted by molar-refractivity contribution is -0.385. The molecular weight excluding hydrogens is 296 g/mol. The molecule has 1 aromatic carbocycles. The summed E-state index contributed by atoms with van der Waals surface area (Å²) in [5.74, 6) is 0.842. The van der Waals surface area contributed by atoms with Crippen LogP contribution in [0.3, 0.4) is 0 Å². The number of rotatable bonds is 2. The molecule has 0 radical (unpaired) electrons. The highest BCUT2D eigenvalue weighted by Gasteiger charge is 2.39. The van der Waals surface area contributed by atoms with Gasteiger partial charge in [-0.15, -0.1) is 11.3 Å². The van der Waals surface area contributed by atoms with Crippen molar-refractivity contribution in [2.75, 3.05) is 5.32 Å². The minimum Gasteiger partial charge on any atom is -0.376 e. The standard InChI is InChI=1S/C17H16N2O2S/c1-10-14(19(20)21)8-7-13-11-4-2-5-12(11)17(18-16(10)13)15-6-3-9-22-15/h2-4,6-9,11-12,17-18H,5H2,1H3. The number of anilines is 1. The summed E-state index contributed by atoms with van der Waals surface area (Å²) in [5.41, 5.74) is 3.06. The molecule has 2 aromatic rings. The highest BCUT2D eigenvalue weighted by Crippen LogP contribution is 2.52. The van der Waals surface area contributed by atoms with Crippen molar-refractivity contribution in [2.45, 2.75) is 25.3 Å². The Balaban J connectivity index is 1.86. The number of hydrogen-bond donors (Lipinski definition) is 1. The largest absolute Gasteiger partial charge is 0.376 e. The maximum absolute atomic E-state index is 11.2. The fourth-order valence-corrected chi connectivity index (χ4v) is 4.60. The smallest absolute Gasteiger partial charge is 0.274 e. The average molecular weight is 312 g/mol. The van der Waals surface area contributed by atoms with Crippen LogP contribution < -0.4 is 5.32 Å². The van der Waals surface area contributed by atoms with Gasteiger partial charge in [0.2, 0.25) is 0 Å². The first-order valence-corrected chi connectivity index (χ1v) is 8.29. The van der Waals surface area contributed by atoms with Gasteiger partial charge < -0.3 is 5.32 Å². The van der Waals surface area contributed by atoms with Crippen molar-refractivity contribution >= 4 is 22.7 Å². The van der Waals surface area contributed by atoms with Gasteiger partial charge in [-0.1, -0.05) is 18.2 Å². The Morgan fingerprint density at radius 1 is 1.36 bits per heavy atom. The third-order valence-corrected chi connectivity index (χ3v) is 5.77. The molecule has 3 atom stereocenters. The van der Waals surface area contributed by atoms with E-state index in [0.29, 0.717) is 11.8 Å². The van der Waals surface area contributed by atoms with E-state index in [-0.39, 0.29) is 16.7 Å². The minimum atomic E-state index is -0.298. The fourth-order valence-electron chi connectivity index (χ4n) is 3.75. The number of allylic oxidation sites excluding steroid dienone is 2. The topological polar surface area (TPSA) is 55.2 Å². The summed E-state index contributed by atoms with van der Waals surface area (Å²) < 4.78 is 0. The highest BCUT2D eigenvalue weighted by molar-refractivity contribution is 7.10. The van der Waals surface area contributed by atoms with E-state index in [4.69, 9.17) is 0 Å². The van der Waals surface area contributed by atoms with Crippen molar-refractivity contribution in [3.63, 3.8) is 0 Å². The Kier molecular flexibility index (Phi) is 3.04. The molecule has 2 heterocycles. The number of nitrogens with zero attached hydrogens (tertiary/aromatic N) is 1.